The van der Waals surface area contributed by atoms with Crippen LogP contribution in [-0.2, 0) is 25.4 Å². The van der Waals surface area contributed by atoms with Crippen LogP contribution in [0.15, 0.2) is 60.9 Å². The largest absolute Gasteiger partial charge is 0.448 e. The molecular formula is C33H38F3N5O5. The highest BCUT2D eigenvalue weighted by Crippen LogP contribution is 2.30. The molecule has 46 heavy (non-hydrogen) atoms. The molecule has 1 aromatic heterocycles. The van der Waals surface area contributed by atoms with Crippen molar-refractivity contribution >= 4 is 17.7 Å². The van der Waals surface area contributed by atoms with Crippen LogP contribution in [0.3, 0.4) is 0 Å². The predicted molar refractivity (Wildman–Crippen MR) is 163 cm³/mol. The van der Waals surface area contributed by atoms with E-state index in [2.05, 4.69) is 20.9 Å². The van der Waals surface area contributed by atoms with E-state index in [9.17, 15) is 22.8 Å². The molecule has 2 amide bonds. The van der Waals surface area contributed by atoms with Gasteiger partial charge in [0, 0.05) is 24.6 Å². The molecule has 4 atom stereocenters. The van der Waals surface area contributed by atoms with Crippen LogP contribution >= 0.6 is 0 Å². The molecule has 2 aliphatic rings. The summed E-state index contributed by atoms with van der Waals surface area (Å²) in [7, 11) is 0. The molecule has 5 rings (SSSR count). The second-order valence-electron chi connectivity index (χ2n) is 11.7. The number of benzene rings is 2. The zero-order chi connectivity index (χ0) is 32.7. The average molecular weight is 642 g/mol. The van der Waals surface area contributed by atoms with Crippen molar-refractivity contribution < 1.29 is 37.0 Å². The van der Waals surface area contributed by atoms with Crippen LogP contribution in [0, 0.1) is 17.5 Å². The molecule has 0 aliphatic carbocycles. The topological polar surface area (TPSA) is 137 Å². The summed E-state index contributed by atoms with van der Waals surface area (Å²) in [6.07, 6.45) is 3.86. The summed E-state index contributed by atoms with van der Waals surface area (Å²) in [5.74, 6) is -2.87. The van der Waals surface area contributed by atoms with Gasteiger partial charge in [-0.2, -0.15) is 0 Å². The lowest BCUT2D eigenvalue weighted by Crippen LogP contribution is -2.50. The van der Waals surface area contributed by atoms with Crippen molar-refractivity contribution in [2.24, 2.45) is 5.73 Å². The van der Waals surface area contributed by atoms with Gasteiger partial charge in [0.15, 0.2) is 0 Å². The van der Waals surface area contributed by atoms with Crippen molar-refractivity contribution in [2.45, 2.75) is 62.4 Å². The quantitative estimate of drug-likeness (QED) is 0.245. The van der Waals surface area contributed by atoms with Gasteiger partial charge in [0.2, 0.25) is 5.91 Å². The highest BCUT2D eigenvalue weighted by atomic mass is 19.1. The highest BCUT2D eigenvalue weighted by molar-refractivity contribution is 5.96. The van der Waals surface area contributed by atoms with Gasteiger partial charge in [0.25, 0.3) is 0 Å². The molecule has 0 bridgehead atoms. The minimum atomic E-state index is -1.19. The maximum Gasteiger partial charge on any atom is 0.409 e. The Morgan fingerprint density at radius 3 is 2.35 bits per heavy atom. The van der Waals surface area contributed by atoms with Gasteiger partial charge in [0.05, 0.1) is 42.9 Å². The standard InChI is InChI=1S/C33H38F3N5O5/c1-33(13-2-14-46-33)41-32(43)45-19-24-18-44-25(15-39-24)11-12-26-27(36)16-38-17-28(26)40-31(42)30(37)29(20-3-7-22(34)8-4-20)21-5-9-23(35)10-6-21/h3-10,16-17,24-25,29-30,39H,2,11-15,18-19,37H2,1H3,(H,40,42)(H,41,43)/t24-,25+,30?,33?/m0/s1. The fourth-order valence-electron chi connectivity index (χ4n) is 5.71. The van der Waals surface area contributed by atoms with Gasteiger partial charge < -0.3 is 30.6 Å². The number of pyridine rings is 1. The van der Waals surface area contributed by atoms with Crippen molar-refractivity contribution in [2.75, 3.05) is 31.7 Å². The third-order valence-corrected chi connectivity index (χ3v) is 8.27. The highest BCUT2D eigenvalue weighted by Gasteiger charge is 2.33. The molecule has 0 radical (unpaired) electrons. The van der Waals surface area contributed by atoms with Gasteiger partial charge in [-0.1, -0.05) is 24.3 Å². The number of hydrogen-bond acceptors (Lipinski definition) is 8. The van der Waals surface area contributed by atoms with E-state index >= 15 is 0 Å². The van der Waals surface area contributed by atoms with Gasteiger partial charge >= 0.3 is 6.09 Å². The SMILES string of the molecule is CC1(NC(=O)OC[C@@H]2CO[C@H](CCc3c(F)cncc3NC(=O)C(N)C(c3ccc(F)cc3)c3ccc(F)cc3)CN2)CCCO1. The van der Waals surface area contributed by atoms with E-state index in [0.717, 1.165) is 19.0 Å². The van der Waals surface area contributed by atoms with Crippen molar-refractivity contribution in [3.05, 3.63) is 95.1 Å². The number of nitrogens with two attached hydrogens (primary N) is 1. The van der Waals surface area contributed by atoms with Crippen LogP contribution in [0.25, 0.3) is 0 Å². The molecule has 0 spiro atoms. The molecule has 2 aromatic carbocycles. The number of anilines is 1. The summed E-state index contributed by atoms with van der Waals surface area (Å²) in [5, 5.41) is 8.74. The van der Waals surface area contributed by atoms with Crippen molar-refractivity contribution in [3.63, 3.8) is 0 Å². The molecule has 2 fully saturated rings. The number of ether oxygens (including phenoxy) is 3. The third kappa shape index (κ3) is 8.60. The van der Waals surface area contributed by atoms with Crippen LogP contribution in [0.5, 0.6) is 0 Å². The number of rotatable bonds is 11. The van der Waals surface area contributed by atoms with E-state index in [0.29, 0.717) is 30.7 Å². The summed E-state index contributed by atoms with van der Waals surface area (Å²) >= 11 is 0. The lowest BCUT2D eigenvalue weighted by atomic mass is 9.85. The zero-order valence-corrected chi connectivity index (χ0v) is 25.4. The van der Waals surface area contributed by atoms with Crippen LogP contribution in [0.4, 0.5) is 23.7 Å². The van der Waals surface area contributed by atoms with Crippen molar-refractivity contribution in [3.8, 4) is 0 Å². The monoisotopic (exact) mass is 641 g/mol. The first-order chi connectivity index (χ1) is 22.1. The van der Waals surface area contributed by atoms with Crippen LogP contribution in [0.2, 0.25) is 0 Å². The predicted octanol–water partition coefficient (Wildman–Crippen LogP) is 4.14. The summed E-state index contributed by atoms with van der Waals surface area (Å²) in [5.41, 5.74) is 7.25. The minimum absolute atomic E-state index is 0.112. The molecular weight excluding hydrogens is 603 g/mol. The second-order valence-corrected chi connectivity index (χ2v) is 11.7. The fourth-order valence-corrected chi connectivity index (χ4v) is 5.71. The molecule has 2 aliphatic heterocycles. The molecule has 2 saturated heterocycles. The lowest BCUT2D eigenvalue weighted by molar-refractivity contribution is -0.117. The number of amides is 2. The van der Waals surface area contributed by atoms with Crippen LogP contribution < -0.4 is 21.7 Å². The van der Waals surface area contributed by atoms with Gasteiger partial charge in [-0.05, 0) is 68.0 Å². The van der Waals surface area contributed by atoms with E-state index < -0.39 is 47.1 Å². The number of carbonyl (C=O) groups excluding carboxylic acids is 2. The molecule has 246 valence electrons. The van der Waals surface area contributed by atoms with Gasteiger partial charge in [0.1, 0.15) is 29.8 Å². The number of nitrogens with zero attached hydrogens (tertiary/aromatic N) is 1. The third-order valence-electron chi connectivity index (χ3n) is 8.27. The van der Waals surface area contributed by atoms with Gasteiger partial charge in [-0.25, -0.2) is 18.0 Å². The maximum absolute atomic E-state index is 15.0. The number of morpholine rings is 1. The Kier molecular flexibility index (Phi) is 10.9. The number of halogens is 3. The Morgan fingerprint density at radius 2 is 1.76 bits per heavy atom. The molecule has 2 unspecified atom stereocenters. The number of hydrogen-bond donors (Lipinski definition) is 4. The Labute approximate surface area is 265 Å². The first-order valence-corrected chi connectivity index (χ1v) is 15.2. The molecule has 5 N–H and O–H groups in total. The summed E-state index contributed by atoms with van der Waals surface area (Å²) in [4.78, 5) is 29.5. The summed E-state index contributed by atoms with van der Waals surface area (Å²) in [6, 6.07) is 9.69. The van der Waals surface area contributed by atoms with E-state index in [1.165, 1.54) is 54.7 Å². The first-order valence-electron chi connectivity index (χ1n) is 15.2. The number of carbonyl (C=O) groups is 2. The van der Waals surface area contributed by atoms with E-state index in [1.54, 1.807) is 0 Å². The Morgan fingerprint density at radius 1 is 1.09 bits per heavy atom. The zero-order valence-electron chi connectivity index (χ0n) is 25.4. The van der Waals surface area contributed by atoms with Gasteiger partial charge in [-0.3, -0.25) is 15.1 Å². The van der Waals surface area contributed by atoms with Crippen molar-refractivity contribution in [1.29, 1.82) is 0 Å². The molecule has 3 heterocycles. The average Bonchev–Trinajstić information content (AvgIpc) is 3.47. The number of alkyl carbamates (subject to hydrolysis) is 1. The summed E-state index contributed by atoms with van der Waals surface area (Å²) in [6.45, 7) is 3.25. The normalized spacial score (nSPS) is 22.0. The minimum Gasteiger partial charge on any atom is -0.448 e. The van der Waals surface area contributed by atoms with Crippen LogP contribution in [-0.4, -0.2) is 67.3 Å². The van der Waals surface area contributed by atoms with E-state index in [1.807, 2.05) is 6.92 Å². The maximum atomic E-state index is 15.0. The first kappa shape index (κ1) is 33.3. The van der Waals surface area contributed by atoms with Crippen LogP contribution in [0.1, 0.15) is 48.8 Å². The summed E-state index contributed by atoms with van der Waals surface area (Å²) < 4.78 is 59.1. The number of aromatic nitrogens is 1. The molecule has 10 nitrogen and oxygen atoms in total. The fraction of sp³-hybridized carbons (Fsp3) is 0.424. The van der Waals surface area contributed by atoms with Gasteiger partial charge in [-0.15, -0.1) is 0 Å². The smallest absolute Gasteiger partial charge is 0.409 e. The Balaban J connectivity index is 1.16. The molecule has 0 saturated carbocycles. The lowest BCUT2D eigenvalue weighted by Gasteiger charge is -2.31. The van der Waals surface area contributed by atoms with E-state index in [-0.39, 0.29) is 43.0 Å². The molecule has 3 aromatic rings. The van der Waals surface area contributed by atoms with E-state index in [4.69, 9.17) is 19.9 Å². The Hall–Kier alpha value is -4.04. The Bertz CT molecular complexity index is 1430. The molecule has 13 heteroatoms. The second kappa shape index (κ2) is 15.0. The van der Waals surface area contributed by atoms with Crippen molar-refractivity contribution in [1.82, 2.24) is 15.6 Å². The number of nitrogens with one attached hydrogen (secondary N) is 3.